The summed E-state index contributed by atoms with van der Waals surface area (Å²) in [5, 5.41) is 12.1. The van der Waals surface area contributed by atoms with Gasteiger partial charge in [0.15, 0.2) is 0 Å². The van der Waals surface area contributed by atoms with E-state index in [4.69, 9.17) is 0 Å². The second-order valence-corrected chi connectivity index (χ2v) is 6.24. The highest BCUT2D eigenvalue weighted by Crippen LogP contribution is 2.26. The largest absolute Gasteiger partial charge is 0.481 e. The van der Waals surface area contributed by atoms with Crippen molar-refractivity contribution in [3.63, 3.8) is 0 Å². The summed E-state index contributed by atoms with van der Waals surface area (Å²) < 4.78 is 0. The molecular formula is C14H24N2O4S. The Labute approximate surface area is 129 Å². The summed E-state index contributed by atoms with van der Waals surface area (Å²) in [7, 11) is 0. The van der Waals surface area contributed by atoms with Crippen LogP contribution in [0, 0.1) is 5.41 Å². The maximum Gasteiger partial charge on any atom is 0.311 e. The van der Waals surface area contributed by atoms with Crippen LogP contribution in [-0.4, -0.2) is 52.0 Å². The van der Waals surface area contributed by atoms with Crippen LogP contribution in [0.3, 0.4) is 0 Å². The minimum atomic E-state index is -0.930. The van der Waals surface area contributed by atoms with Crippen molar-refractivity contribution >= 4 is 29.5 Å². The number of hydrogen-bond acceptors (Lipinski definition) is 4. The van der Waals surface area contributed by atoms with Crippen molar-refractivity contribution in [2.75, 3.05) is 18.2 Å². The highest BCUT2D eigenvalue weighted by molar-refractivity contribution is 7.99. The fourth-order valence-electron chi connectivity index (χ4n) is 2.36. The molecular weight excluding hydrogens is 292 g/mol. The van der Waals surface area contributed by atoms with Gasteiger partial charge in [-0.3, -0.25) is 14.4 Å². The molecule has 1 atom stereocenters. The normalized spacial score (nSPS) is 18.6. The Balaban J connectivity index is 2.68. The van der Waals surface area contributed by atoms with Crippen molar-refractivity contribution in [1.29, 1.82) is 0 Å². The Morgan fingerprint density at radius 1 is 1.29 bits per heavy atom. The summed E-state index contributed by atoms with van der Waals surface area (Å²) in [5.74, 6) is -0.105. The summed E-state index contributed by atoms with van der Waals surface area (Å²) in [6.07, 6.45) is 1.28. The van der Waals surface area contributed by atoms with E-state index in [9.17, 15) is 19.5 Å². The van der Waals surface area contributed by atoms with Gasteiger partial charge in [0, 0.05) is 18.7 Å². The highest BCUT2D eigenvalue weighted by Gasteiger charge is 2.38. The third-order valence-corrected chi connectivity index (χ3v) is 5.23. The van der Waals surface area contributed by atoms with Gasteiger partial charge in [-0.25, -0.2) is 0 Å². The van der Waals surface area contributed by atoms with Crippen LogP contribution in [0.15, 0.2) is 0 Å². The lowest BCUT2D eigenvalue weighted by Gasteiger charge is -2.29. The molecule has 2 amide bonds. The Morgan fingerprint density at radius 2 is 1.90 bits per heavy atom. The third kappa shape index (κ3) is 3.90. The number of amides is 2. The maximum absolute atomic E-state index is 12.3. The molecule has 1 unspecified atom stereocenters. The molecule has 0 saturated carbocycles. The predicted molar refractivity (Wildman–Crippen MR) is 81.9 cm³/mol. The van der Waals surface area contributed by atoms with Gasteiger partial charge in [-0.05, 0) is 12.8 Å². The number of carboxylic acid groups (broad SMARTS) is 1. The van der Waals surface area contributed by atoms with E-state index in [1.807, 2.05) is 13.8 Å². The van der Waals surface area contributed by atoms with Crippen LogP contribution in [0.4, 0.5) is 0 Å². The minimum absolute atomic E-state index is 0.0457. The van der Waals surface area contributed by atoms with Crippen molar-refractivity contribution in [2.45, 2.75) is 46.1 Å². The number of nitrogens with one attached hydrogen (secondary N) is 1. The van der Waals surface area contributed by atoms with Crippen LogP contribution in [0.5, 0.6) is 0 Å². The first-order valence-electron chi connectivity index (χ1n) is 7.30. The first-order valence-corrected chi connectivity index (χ1v) is 8.45. The molecule has 0 radical (unpaired) electrons. The number of rotatable bonds is 7. The molecule has 1 saturated heterocycles. The molecule has 1 rings (SSSR count). The number of carboxylic acids is 1. The Kier molecular flexibility index (Phi) is 6.51. The lowest BCUT2D eigenvalue weighted by Crippen LogP contribution is -2.50. The quantitative estimate of drug-likeness (QED) is 0.739. The second-order valence-electron chi connectivity index (χ2n) is 5.24. The molecule has 1 heterocycles. The number of aliphatic carboxylic acids is 1. The number of carbonyl (C=O) groups excluding carboxylic acids is 2. The second kappa shape index (κ2) is 7.68. The monoisotopic (exact) mass is 316 g/mol. The maximum atomic E-state index is 12.3. The molecule has 6 nitrogen and oxygen atoms in total. The van der Waals surface area contributed by atoms with E-state index >= 15 is 0 Å². The molecule has 7 heteroatoms. The van der Waals surface area contributed by atoms with Crippen molar-refractivity contribution < 1.29 is 19.5 Å². The zero-order valence-corrected chi connectivity index (χ0v) is 13.7. The topological polar surface area (TPSA) is 86.7 Å². The van der Waals surface area contributed by atoms with Crippen LogP contribution >= 0.6 is 11.8 Å². The van der Waals surface area contributed by atoms with Gasteiger partial charge in [0.2, 0.25) is 11.8 Å². The molecule has 1 aliphatic rings. The van der Waals surface area contributed by atoms with Gasteiger partial charge < -0.3 is 15.3 Å². The van der Waals surface area contributed by atoms with Crippen LogP contribution in [0.1, 0.15) is 40.0 Å². The first-order chi connectivity index (χ1) is 9.91. The van der Waals surface area contributed by atoms with Crippen molar-refractivity contribution in [2.24, 2.45) is 5.41 Å². The fourth-order valence-corrected chi connectivity index (χ4v) is 3.54. The molecule has 0 aliphatic carbocycles. The lowest BCUT2D eigenvalue weighted by atomic mass is 9.82. The van der Waals surface area contributed by atoms with E-state index in [2.05, 4.69) is 5.32 Å². The molecule has 0 bridgehead atoms. The standard InChI is InChI=1S/C14H24N2O4S/c1-4-11(17)16-9-21-7-10(16)12(18)15-8-14(5-2,6-3)13(19)20/h10H,4-9H2,1-3H3,(H,15,18)(H,19,20). The average Bonchev–Trinajstić information content (AvgIpc) is 2.97. The lowest BCUT2D eigenvalue weighted by molar-refractivity contribution is -0.149. The van der Waals surface area contributed by atoms with Gasteiger partial charge in [0.05, 0.1) is 11.3 Å². The van der Waals surface area contributed by atoms with Crippen molar-refractivity contribution in [3.05, 3.63) is 0 Å². The summed E-state index contributed by atoms with van der Waals surface area (Å²) in [6, 6.07) is -0.484. The average molecular weight is 316 g/mol. The van der Waals surface area contributed by atoms with Crippen molar-refractivity contribution in [1.82, 2.24) is 10.2 Å². The summed E-state index contributed by atoms with van der Waals surface area (Å²) in [6.45, 7) is 5.48. The molecule has 0 spiro atoms. The van der Waals surface area contributed by atoms with Crippen LogP contribution in [0.2, 0.25) is 0 Å². The van der Waals surface area contributed by atoms with Crippen LogP contribution in [-0.2, 0) is 14.4 Å². The molecule has 0 aromatic carbocycles. The Hall–Kier alpha value is -1.24. The van der Waals surface area contributed by atoms with Gasteiger partial charge in [-0.2, -0.15) is 0 Å². The smallest absolute Gasteiger partial charge is 0.311 e. The van der Waals surface area contributed by atoms with Gasteiger partial charge in [-0.1, -0.05) is 20.8 Å². The molecule has 2 N–H and O–H groups in total. The molecule has 120 valence electrons. The van der Waals surface area contributed by atoms with Gasteiger partial charge >= 0.3 is 5.97 Å². The molecule has 1 fully saturated rings. The minimum Gasteiger partial charge on any atom is -0.481 e. The first kappa shape index (κ1) is 17.8. The SMILES string of the molecule is CCC(=O)N1CSCC1C(=O)NCC(CC)(CC)C(=O)O. The van der Waals surface area contributed by atoms with Gasteiger partial charge in [-0.15, -0.1) is 11.8 Å². The van der Waals surface area contributed by atoms with E-state index in [1.165, 1.54) is 0 Å². The molecule has 0 aromatic heterocycles. The zero-order chi connectivity index (χ0) is 16.0. The van der Waals surface area contributed by atoms with E-state index in [0.29, 0.717) is 30.9 Å². The number of hydrogen-bond donors (Lipinski definition) is 2. The van der Waals surface area contributed by atoms with Gasteiger partial charge in [0.1, 0.15) is 6.04 Å². The fraction of sp³-hybridized carbons (Fsp3) is 0.786. The molecule has 21 heavy (non-hydrogen) atoms. The zero-order valence-electron chi connectivity index (χ0n) is 12.8. The van der Waals surface area contributed by atoms with E-state index in [-0.39, 0.29) is 18.4 Å². The number of thioether (sulfide) groups is 1. The number of carbonyl (C=O) groups is 3. The molecule has 0 aromatic rings. The summed E-state index contributed by atoms with van der Waals surface area (Å²) >= 11 is 1.54. The van der Waals surface area contributed by atoms with Gasteiger partial charge in [0.25, 0.3) is 0 Å². The Bertz CT molecular complexity index is 410. The summed E-state index contributed by atoms with van der Waals surface area (Å²) in [5.41, 5.74) is -0.930. The summed E-state index contributed by atoms with van der Waals surface area (Å²) in [4.78, 5) is 37.0. The predicted octanol–water partition coefficient (Wildman–Crippen LogP) is 1.31. The van der Waals surface area contributed by atoms with Crippen LogP contribution in [0.25, 0.3) is 0 Å². The molecule has 1 aliphatic heterocycles. The third-order valence-electron chi connectivity index (χ3n) is 4.22. The number of nitrogens with zero attached hydrogens (tertiary/aromatic N) is 1. The highest BCUT2D eigenvalue weighted by atomic mass is 32.2. The van der Waals surface area contributed by atoms with E-state index in [1.54, 1.807) is 23.6 Å². The Morgan fingerprint density at radius 3 is 2.38 bits per heavy atom. The van der Waals surface area contributed by atoms with Crippen molar-refractivity contribution in [3.8, 4) is 0 Å². The van der Waals surface area contributed by atoms with Crippen LogP contribution < -0.4 is 5.32 Å². The van der Waals surface area contributed by atoms with E-state index in [0.717, 1.165) is 0 Å². The van der Waals surface area contributed by atoms with E-state index < -0.39 is 17.4 Å².